The van der Waals surface area contributed by atoms with E-state index in [0.717, 1.165) is 41.0 Å². The molecule has 4 rings (SSSR count). The Kier molecular flexibility index (Phi) is 2.94. The molecule has 0 saturated carbocycles. The van der Waals surface area contributed by atoms with Crippen molar-refractivity contribution in [3.8, 4) is 0 Å². The van der Waals surface area contributed by atoms with Gasteiger partial charge in [-0.1, -0.05) is 24.3 Å². The highest BCUT2D eigenvalue weighted by Crippen LogP contribution is 2.33. The zero-order valence-corrected chi connectivity index (χ0v) is 12.6. The lowest BCUT2D eigenvalue weighted by molar-refractivity contribution is 0.104. The second-order valence-corrected chi connectivity index (χ2v) is 6.56. The molecule has 2 aromatic heterocycles. The molecular weight excluding hydrogens is 280 g/mol. The Morgan fingerprint density at radius 2 is 2.14 bits per heavy atom. The number of carbonyl (C=O) groups is 1. The van der Waals surface area contributed by atoms with Crippen LogP contribution in [-0.4, -0.2) is 17.3 Å². The van der Waals surface area contributed by atoms with E-state index in [9.17, 15) is 4.79 Å². The average molecular weight is 296 g/mol. The van der Waals surface area contributed by atoms with Crippen molar-refractivity contribution in [3.63, 3.8) is 0 Å². The minimum Gasteiger partial charge on any atom is -0.357 e. The topological polar surface area (TPSA) is 44.9 Å². The van der Waals surface area contributed by atoms with Crippen LogP contribution in [0.1, 0.15) is 32.1 Å². The molecule has 106 valence electrons. The monoisotopic (exact) mass is 296 g/mol. The Balaban J connectivity index is 1.79. The largest absolute Gasteiger partial charge is 0.357 e. The summed E-state index contributed by atoms with van der Waals surface area (Å²) < 4.78 is 1.23. The molecule has 3 aromatic rings. The van der Waals surface area contributed by atoms with E-state index in [-0.39, 0.29) is 5.78 Å². The fourth-order valence-electron chi connectivity index (χ4n) is 2.98. The summed E-state index contributed by atoms with van der Waals surface area (Å²) in [6.45, 7) is 3.90. The third-order valence-corrected chi connectivity index (χ3v) is 5.32. The number of carbonyl (C=O) groups excluding carboxylic acids is 1. The second-order valence-electron chi connectivity index (χ2n) is 5.51. The van der Waals surface area contributed by atoms with Gasteiger partial charge < -0.3 is 10.3 Å². The Bertz CT molecular complexity index is 844. The Morgan fingerprint density at radius 3 is 3.00 bits per heavy atom. The van der Waals surface area contributed by atoms with Crippen LogP contribution in [0.15, 0.2) is 30.3 Å². The molecule has 0 bridgehead atoms. The lowest BCUT2D eigenvalue weighted by atomic mass is 10.0. The van der Waals surface area contributed by atoms with Gasteiger partial charge in [-0.15, -0.1) is 11.3 Å². The summed E-state index contributed by atoms with van der Waals surface area (Å²) in [7, 11) is 0. The predicted molar refractivity (Wildman–Crippen MR) is 86.2 cm³/mol. The van der Waals surface area contributed by atoms with Crippen molar-refractivity contribution in [2.75, 3.05) is 6.54 Å². The number of benzene rings is 1. The maximum absolute atomic E-state index is 12.7. The van der Waals surface area contributed by atoms with E-state index in [1.165, 1.54) is 16.0 Å². The van der Waals surface area contributed by atoms with E-state index in [1.807, 2.05) is 37.3 Å². The van der Waals surface area contributed by atoms with Crippen LogP contribution in [0.2, 0.25) is 0 Å². The van der Waals surface area contributed by atoms with Crippen LogP contribution in [0.3, 0.4) is 0 Å². The number of aryl methyl sites for hydroxylation is 1. The highest BCUT2D eigenvalue weighted by atomic mass is 32.1. The number of aromatic nitrogens is 1. The summed E-state index contributed by atoms with van der Waals surface area (Å²) in [4.78, 5) is 17.0. The zero-order valence-electron chi connectivity index (χ0n) is 11.8. The van der Waals surface area contributed by atoms with E-state index in [1.54, 1.807) is 11.3 Å². The number of aromatic amines is 1. The number of ketones is 1. The van der Waals surface area contributed by atoms with Gasteiger partial charge in [0.1, 0.15) is 0 Å². The van der Waals surface area contributed by atoms with Gasteiger partial charge in [-0.2, -0.15) is 0 Å². The fraction of sp³-hybridized carbons (Fsp3) is 0.235. The summed E-state index contributed by atoms with van der Waals surface area (Å²) in [6, 6.07) is 9.78. The fourth-order valence-corrected chi connectivity index (χ4v) is 4.12. The summed E-state index contributed by atoms with van der Waals surface area (Å²) >= 11 is 1.61. The molecule has 0 radical (unpaired) electrons. The van der Waals surface area contributed by atoms with E-state index >= 15 is 0 Å². The van der Waals surface area contributed by atoms with Gasteiger partial charge in [0.05, 0.1) is 15.1 Å². The van der Waals surface area contributed by atoms with Crippen LogP contribution >= 0.6 is 11.3 Å². The minimum absolute atomic E-state index is 0.125. The van der Waals surface area contributed by atoms with Gasteiger partial charge in [-0.25, -0.2) is 0 Å². The number of fused-ring (bicyclic) bond motifs is 3. The zero-order chi connectivity index (χ0) is 14.4. The number of hydrogen-bond donors (Lipinski definition) is 2. The van der Waals surface area contributed by atoms with Crippen LogP contribution in [-0.2, 0) is 13.0 Å². The second kappa shape index (κ2) is 4.83. The first-order valence-corrected chi connectivity index (χ1v) is 8.00. The van der Waals surface area contributed by atoms with Crippen molar-refractivity contribution in [2.24, 2.45) is 0 Å². The summed E-state index contributed by atoms with van der Waals surface area (Å²) in [5.74, 6) is 0.125. The molecule has 0 aliphatic carbocycles. The van der Waals surface area contributed by atoms with Crippen LogP contribution in [0.5, 0.6) is 0 Å². The van der Waals surface area contributed by atoms with Gasteiger partial charge >= 0.3 is 0 Å². The molecule has 21 heavy (non-hydrogen) atoms. The van der Waals surface area contributed by atoms with E-state index in [4.69, 9.17) is 0 Å². The Labute approximate surface area is 127 Å². The van der Waals surface area contributed by atoms with E-state index < -0.39 is 0 Å². The molecule has 3 nitrogen and oxygen atoms in total. The molecule has 1 aliphatic rings. The molecular formula is C17H16N2OS. The van der Waals surface area contributed by atoms with Gasteiger partial charge in [0, 0.05) is 36.3 Å². The van der Waals surface area contributed by atoms with Crippen molar-refractivity contribution in [3.05, 3.63) is 57.6 Å². The third kappa shape index (κ3) is 2.03. The first-order valence-electron chi connectivity index (χ1n) is 7.18. The Morgan fingerprint density at radius 1 is 1.29 bits per heavy atom. The maximum Gasteiger partial charge on any atom is 0.203 e. The molecule has 0 fully saturated rings. The highest BCUT2D eigenvalue weighted by Gasteiger charge is 2.20. The molecule has 0 atom stereocenters. The maximum atomic E-state index is 12.7. The van der Waals surface area contributed by atoms with E-state index in [0.29, 0.717) is 0 Å². The number of H-pyrrole nitrogens is 1. The molecule has 3 heterocycles. The van der Waals surface area contributed by atoms with Crippen molar-refractivity contribution >= 4 is 27.3 Å². The quantitative estimate of drug-likeness (QED) is 0.712. The highest BCUT2D eigenvalue weighted by molar-refractivity contribution is 7.21. The van der Waals surface area contributed by atoms with Crippen LogP contribution in [0.25, 0.3) is 10.2 Å². The normalized spacial score (nSPS) is 14.3. The van der Waals surface area contributed by atoms with Crippen molar-refractivity contribution in [2.45, 2.75) is 19.9 Å². The first-order chi connectivity index (χ1) is 10.2. The van der Waals surface area contributed by atoms with Gasteiger partial charge in [0.2, 0.25) is 5.78 Å². The third-order valence-electron chi connectivity index (χ3n) is 4.12. The van der Waals surface area contributed by atoms with Crippen LogP contribution in [0, 0.1) is 6.92 Å². The van der Waals surface area contributed by atoms with Crippen LogP contribution in [0.4, 0.5) is 0 Å². The smallest absolute Gasteiger partial charge is 0.203 e. The average Bonchev–Trinajstić information content (AvgIpc) is 3.04. The van der Waals surface area contributed by atoms with Gasteiger partial charge in [0.25, 0.3) is 0 Å². The van der Waals surface area contributed by atoms with Crippen LogP contribution < -0.4 is 5.32 Å². The molecule has 0 saturated heterocycles. The summed E-state index contributed by atoms with van der Waals surface area (Å²) in [5, 5.41) is 3.40. The first kappa shape index (κ1) is 12.8. The van der Waals surface area contributed by atoms with Gasteiger partial charge in [-0.3, -0.25) is 4.79 Å². The Hall–Kier alpha value is -1.91. The van der Waals surface area contributed by atoms with Gasteiger partial charge in [-0.05, 0) is 18.6 Å². The van der Waals surface area contributed by atoms with E-state index in [2.05, 4.69) is 10.3 Å². The molecule has 0 amide bonds. The standard InChI is InChI=1S/C17H16N2OS/c1-10-4-2-3-5-11(10)16(20)15-8-14-17(21-15)12-9-18-7-6-13(12)19-14/h2-5,8,18-19H,6-7,9H2,1H3. The number of nitrogens with one attached hydrogen (secondary N) is 2. The van der Waals surface area contributed by atoms with Crippen molar-refractivity contribution < 1.29 is 4.79 Å². The predicted octanol–water partition coefficient (Wildman–Crippen LogP) is 3.41. The number of thiophene rings is 1. The summed E-state index contributed by atoms with van der Waals surface area (Å²) in [6.07, 6.45) is 1.04. The lowest BCUT2D eigenvalue weighted by Crippen LogP contribution is -2.22. The summed E-state index contributed by atoms with van der Waals surface area (Å²) in [5.41, 5.74) is 5.59. The molecule has 2 N–H and O–H groups in total. The van der Waals surface area contributed by atoms with Crippen molar-refractivity contribution in [1.29, 1.82) is 0 Å². The van der Waals surface area contributed by atoms with Crippen molar-refractivity contribution in [1.82, 2.24) is 10.3 Å². The molecule has 1 aromatic carbocycles. The number of rotatable bonds is 2. The molecule has 1 aliphatic heterocycles. The minimum atomic E-state index is 0.125. The lowest BCUT2D eigenvalue weighted by Gasteiger charge is -2.12. The SMILES string of the molecule is Cc1ccccc1C(=O)c1cc2[nH]c3c(c2s1)CNCC3. The number of hydrogen-bond acceptors (Lipinski definition) is 3. The van der Waals surface area contributed by atoms with Gasteiger partial charge in [0.15, 0.2) is 0 Å². The molecule has 0 unspecified atom stereocenters. The molecule has 4 heteroatoms. The molecule has 0 spiro atoms.